The van der Waals surface area contributed by atoms with Crippen molar-refractivity contribution in [2.24, 2.45) is 0 Å². The van der Waals surface area contributed by atoms with Gasteiger partial charge in [-0.2, -0.15) is 0 Å². The van der Waals surface area contributed by atoms with Crippen LogP contribution in [-0.4, -0.2) is 107 Å². The van der Waals surface area contributed by atoms with E-state index in [0.717, 1.165) is 76.9 Å². The van der Waals surface area contributed by atoms with Crippen molar-refractivity contribution in [2.75, 3.05) is 0 Å². The summed E-state index contributed by atoms with van der Waals surface area (Å²) in [7, 11) is 0. The molecule has 2 aliphatic rings. The van der Waals surface area contributed by atoms with E-state index >= 15 is 0 Å². The second kappa shape index (κ2) is 24.7. The van der Waals surface area contributed by atoms with Crippen LogP contribution in [0.2, 0.25) is 40.5 Å². The normalized spacial score (nSPS) is 19.8. The van der Waals surface area contributed by atoms with Gasteiger partial charge in [-0.3, -0.25) is 0 Å². The summed E-state index contributed by atoms with van der Waals surface area (Å²) in [5.41, 5.74) is 0. The molecular weight excluding hydrogens is 1200 g/mol. The van der Waals surface area contributed by atoms with Crippen LogP contribution in [0.25, 0.3) is 0 Å². The summed E-state index contributed by atoms with van der Waals surface area (Å²) in [5.74, 6) is -30.4. The van der Waals surface area contributed by atoms with Gasteiger partial charge in [0.05, 0.1) is 0 Å². The molecule has 0 saturated carbocycles. The van der Waals surface area contributed by atoms with E-state index in [-0.39, 0.29) is 24.6 Å². The van der Waals surface area contributed by atoms with E-state index in [9.17, 15) is 96.6 Å². The summed E-state index contributed by atoms with van der Waals surface area (Å²) in [6.45, 7) is 9.67. The van der Waals surface area contributed by atoms with Crippen LogP contribution in [0.5, 0.6) is 0 Å². The molecule has 0 radical (unpaired) electrons. The molecule has 1 aromatic rings. The second-order valence-corrected chi connectivity index (χ2v) is 40.0. The zero-order chi connectivity index (χ0) is 51.5. The van der Waals surface area contributed by atoms with Gasteiger partial charge >= 0.3 is 385 Å². The van der Waals surface area contributed by atoms with Gasteiger partial charge in [-0.1, -0.05) is 0 Å². The number of halogens is 22. The molecule has 0 nitrogen and oxygen atoms in total. The van der Waals surface area contributed by atoms with Crippen LogP contribution in [0.3, 0.4) is 0 Å². The van der Waals surface area contributed by atoms with Gasteiger partial charge in [0.15, 0.2) is 0 Å². The summed E-state index contributed by atoms with van der Waals surface area (Å²) in [6.07, 6.45) is -5.95. The van der Waals surface area contributed by atoms with Crippen molar-refractivity contribution in [3.05, 3.63) is 30.3 Å². The SMILES string of the molecule is CC1(C)CCCC(C)(C)[SeH]1C(F)(F)C(F)(F)C(F)(F)C(F)(F)C(F)(F)C(F)(F)F.CCCC[SeH](CCCC)C(F)(F)F.CC[SeH](c1ccccc1)C(F)(F)F.FC(F)(F)C[SeH]1CCCC1. The molecule has 2 fully saturated rings. The molecule has 0 amide bonds. The van der Waals surface area contributed by atoms with E-state index in [4.69, 9.17) is 0 Å². The van der Waals surface area contributed by atoms with Crippen molar-refractivity contribution in [3.63, 3.8) is 0 Å². The van der Waals surface area contributed by atoms with Crippen LogP contribution in [0.15, 0.2) is 30.3 Å². The number of hydrogen-bond donors (Lipinski definition) is 0. The van der Waals surface area contributed by atoms with E-state index in [2.05, 4.69) is 0 Å². The first-order chi connectivity index (χ1) is 29.0. The number of unbranched alkanes of at least 4 members (excludes halogenated alkanes) is 2. The molecule has 65 heavy (non-hydrogen) atoms. The van der Waals surface area contributed by atoms with Crippen molar-refractivity contribution < 1.29 is 96.6 Å². The van der Waals surface area contributed by atoms with Gasteiger partial charge in [-0.25, -0.2) is 0 Å². The van der Waals surface area contributed by atoms with Crippen LogP contribution < -0.4 is 4.46 Å². The van der Waals surface area contributed by atoms with Crippen LogP contribution in [-0.2, 0) is 0 Å². The maximum absolute atomic E-state index is 14.8. The molecule has 3 rings (SSSR count). The molecule has 394 valence electrons. The molecule has 0 aliphatic carbocycles. The summed E-state index contributed by atoms with van der Waals surface area (Å²) >= 11 is -11.4. The van der Waals surface area contributed by atoms with Crippen LogP contribution >= 0.6 is 0 Å². The predicted octanol–water partition coefficient (Wildman–Crippen LogP) is 16.0. The standard InChI is InChI=1S/C15H19F13Se.C9H11F3Se.C9H19F3Se.C6H11F3Se/c1-8(2)6-5-7-9(3,4)29(8)15(27,28)13(22,23)11(18,19)10(16,17)12(20,21)14(24,25)26;1-2-13(9(10,11)12)8-6-4-3-5-7-8;1-3-5-7-13(8-6-4-2)9(10,11)12;7-6(8,9)5-10-3-1-2-4-10/h29H,5-7H2,1-4H3;3-7,13H,2H2,1H3;13H,3-8H2,1-2H3;10H,1-5H2. The number of benzene rings is 1. The Morgan fingerprint density at radius 1 is 0.523 bits per heavy atom. The average Bonchev–Trinajstić information content (AvgIpc) is 3.62. The Bertz CT molecular complexity index is 1480. The van der Waals surface area contributed by atoms with E-state index in [1.165, 1.54) is 0 Å². The van der Waals surface area contributed by atoms with Crippen LogP contribution in [0.1, 0.15) is 106 Å². The fraction of sp³-hybridized carbons (Fsp3) is 0.846. The Labute approximate surface area is 383 Å². The summed E-state index contributed by atoms with van der Waals surface area (Å²) in [6, 6.07) is 8.23. The Morgan fingerprint density at radius 2 is 0.923 bits per heavy atom. The van der Waals surface area contributed by atoms with Crippen LogP contribution in [0, 0.1) is 0 Å². The van der Waals surface area contributed by atoms with Gasteiger partial charge in [0.25, 0.3) is 0 Å². The molecule has 0 N–H and O–H groups in total. The first kappa shape index (κ1) is 64.8. The van der Waals surface area contributed by atoms with Crippen LogP contribution in [0.4, 0.5) is 96.6 Å². The van der Waals surface area contributed by atoms with Gasteiger partial charge in [0, 0.05) is 0 Å². The molecule has 2 heterocycles. The molecule has 2 aliphatic heterocycles. The van der Waals surface area contributed by atoms with E-state index in [1.54, 1.807) is 37.3 Å². The van der Waals surface area contributed by atoms with Crippen molar-refractivity contribution >= 4 is 60.1 Å². The third-order valence-corrected chi connectivity index (χ3v) is 33.3. The topological polar surface area (TPSA) is 0 Å². The van der Waals surface area contributed by atoms with Gasteiger partial charge in [-0.05, 0) is 0 Å². The van der Waals surface area contributed by atoms with Gasteiger partial charge in [0.1, 0.15) is 0 Å². The zero-order valence-electron chi connectivity index (χ0n) is 36.6. The average molecular weight is 1260 g/mol. The Morgan fingerprint density at radius 3 is 1.25 bits per heavy atom. The van der Waals surface area contributed by atoms with Crippen molar-refractivity contribution in [3.8, 4) is 0 Å². The molecule has 0 aromatic heterocycles. The number of hydrogen-bond acceptors (Lipinski definition) is 0. The minimum absolute atomic E-state index is 0.150. The van der Waals surface area contributed by atoms with Crippen molar-refractivity contribution in [1.82, 2.24) is 0 Å². The molecule has 26 heteroatoms. The third kappa shape index (κ3) is 17.8. The van der Waals surface area contributed by atoms with Gasteiger partial charge in [-0.15, -0.1) is 0 Å². The molecule has 0 bridgehead atoms. The minimum atomic E-state index is -7.83. The molecule has 2 saturated heterocycles. The fourth-order valence-corrected chi connectivity index (χ4v) is 28.9. The zero-order valence-corrected chi connectivity index (χ0v) is 44.1. The second-order valence-electron chi connectivity index (χ2n) is 16.5. The van der Waals surface area contributed by atoms with E-state index in [0.29, 0.717) is 15.1 Å². The van der Waals surface area contributed by atoms with Crippen molar-refractivity contribution in [1.29, 1.82) is 0 Å². The fourth-order valence-electron chi connectivity index (χ4n) is 7.03. The molecule has 1 unspecified atom stereocenters. The molecule has 1 atom stereocenters. The summed E-state index contributed by atoms with van der Waals surface area (Å²) in [4.78, 5) is -5.90. The first-order valence-corrected chi connectivity index (χ1v) is 33.8. The third-order valence-electron chi connectivity index (χ3n) is 10.2. The maximum atomic E-state index is 14.8. The molecular formula is C39H60F22Se4. The van der Waals surface area contributed by atoms with Gasteiger partial charge in [0.2, 0.25) is 0 Å². The summed E-state index contributed by atoms with van der Waals surface area (Å²) in [5, 5.41) is -5.25. The predicted molar refractivity (Wildman–Crippen MR) is 219 cm³/mol. The van der Waals surface area contributed by atoms with E-state index in [1.807, 2.05) is 13.8 Å². The molecule has 1 aromatic carbocycles. The first-order valence-electron chi connectivity index (χ1n) is 20.2. The van der Waals surface area contributed by atoms with E-state index < -0.39 is 121 Å². The quantitative estimate of drug-likeness (QED) is 0.129. The molecule has 0 spiro atoms. The monoisotopic (exact) mass is 1270 g/mol. The Kier molecular flexibility index (Phi) is 24.6. The van der Waals surface area contributed by atoms with Gasteiger partial charge < -0.3 is 0 Å². The number of alkyl halides is 22. The summed E-state index contributed by atoms with van der Waals surface area (Å²) < 4.78 is 282. The Hall–Kier alpha value is -0.242. The Balaban J connectivity index is 0.000000940. The van der Waals surface area contributed by atoms with Crippen molar-refractivity contribution in [2.45, 2.75) is 198 Å². The number of rotatable bonds is 14.